The summed E-state index contributed by atoms with van der Waals surface area (Å²) in [6.45, 7) is 5.55. The van der Waals surface area contributed by atoms with Crippen LogP contribution in [0.1, 0.15) is 18.1 Å². The van der Waals surface area contributed by atoms with Crippen LogP contribution in [0.4, 0.5) is 5.69 Å². The normalized spacial score (nSPS) is 12.1. The molecule has 3 rings (SSSR count). The third-order valence-electron chi connectivity index (χ3n) is 4.98. The van der Waals surface area contributed by atoms with Gasteiger partial charge in [0.2, 0.25) is 5.91 Å². The standard InChI is InChI=1S/C25H27BrN2O4S/c1-18-11-13-23(14-12-18)33(30,31)28(22-9-6-8-21(26)15-22)16-25(29)27-20(3)17-32-24-10-5-4-7-19(24)2/h4-15,20H,16-17H2,1-3H3,(H,27,29). The zero-order chi connectivity index (χ0) is 24.0. The third-order valence-corrected chi connectivity index (χ3v) is 7.26. The number of hydrogen-bond acceptors (Lipinski definition) is 4. The van der Waals surface area contributed by atoms with Crippen molar-refractivity contribution in [1.82, 2.24) is 5.32 Å². The van der Waals surface area contributed by atoms with Gasteiger partial charge >= 0.3 is 0 Å². The number of rotatable bonds is 9. The summed E-state index contributed by atoms with van der Waals surface area (Å²) >= 11 is 3.38. The zero-order valence-electron chi connectivity index (χ0n) is 18.8. The molecule has 174 valence electrons. The molecule has 0 aliphatic heterocycles. The molecule has 0 bridgehead atoms. The molecule has 0 saturated carbocycles. The quantitative estimate of drug-likeness (QED) is 0.429. The number of halogens is 1. The van der Waals surface area contributed by atoms with Crippen molar-refractivity contribution in [3.63, 3.8) is 0 Å². The Bertz CT molecular complexity index is 1210. The Balaban J connectivity index is 1.76. The van der Waals surface area contributed by atoms with E-state index < -0.39 is 15.9 Å². The molecule has 1 unspecified atom stereocenters. The zero-order valence-corrected chi connectivity index (χ0v) is 21.2. The fourth-order valence-corrected chi connectivity index (χ4v) is 5.01. The highest BCUT2D eigenvalue weighted by Gasteiger charge is 2.27. The average Bonchev–Trinajstić information content (AvgIpc) is 2.77. The Morgan fingerprint density at radius 3 is 2.39 bits per heavy atom. The first kappa shape index (κ1) is 24.8. The van der Waals surface area contributed by atoms with E-state index in [0.717, 1.165) is 21.2 Å². The number of hydrogen-bond donors (Lipinski definition) is 1. The van der Waals surface area contributed by atoms with Gasteiger partial charge in [-0.1, -0.05) is 57.9 Å². The molecule has 3 aromatic carbocycles. The van der Waals surface area contributed by atoms with Crippen molar-refractivity contribution in [3.05, 3.63) is 88.4 Å². The van der Waals surface area contributed by atoms with Gasteiger partial charge in [-0.25, -0.2) is 8.42 Å². The fraction of sp³-hybridized carbons (Fsp3) is 0.240. The highest BCUT2D eigenvalue weighted by molar-refractivity contribution is 9.10. The Hall–Kier alpha value is -2.84. The molecule has 33 heavy (non-hydrogen) atoms. The minimum atomic E-state index is -3.96. The molecule has 0 radical (unpaired) electrons. The maximum absolute atomic E-state index is 13.4. The van der Waals surface area contributed by atoms with Gasteiger partial charge in [0, 0.05) is 4.47 Å². The van der Waals surface area contributed by atoms with Gasteiger partial charge in [-0.15, -0.1) is 0 Å². The van der Waals surface area contributed by atoms with Crippen molar-refractivity contribution in [2.45, 2.75) is 31.7 Å². The van der Waals surface area contributed by atoms with E-state index in [-0.39, 0.29) is 24.1 Å². The molecule has 0 spiro atoms. The number of nitrogens with zero attached hydrogens (tertiary/aromatic N) is 1. The van der Waals surface area contributed by atoms with Gasteiger partial charge in [0.25, 0.3) is 10.0 Å². The SMILES string of the molecule is Cc1ccc(S(=O)(=O)N(CC(=O)NC(C)COc2ccccc2C)c2cccc(Br)c2)cc1. The lowest BCUT2D eigenvalue weighted by atomic mass is 10.2. The molecule has 0 saturated heterocycles. The molecule has 1 atom stereocenters. The fourth-order valence-electron chi connectivity index (χ4n) is 3.21. The molecule has 6 nitrogen and oxygen atoms in total. The van der Waals surface area contributed by atoms with Crippen molar-refractivity contribution in [3.8, 4) is 5.75 Å². The Morgan fingerprint density at radius 1 is 1.03 bits per heavy atom. The smallest absolute Gasteiger partial charge is 0.264 e. The van der Waals surface area contributed by atoms with Crippen LogP contribution in [0.25, 0.3) is 0 Å². The van der Waals surface area contributed by atoms with E-state index in [1.54, 1.807) is 48.5 Å². The van der Waals surface area contributed by atoms with Crippen LogP contribution in [0.5, 0.6) is 5.75 Å². The summed E-state index contributed by atoms with van der Waals surface area (Å²) in [6, 6.07) is 20.7. The van der Waals surface area contributed by atoms with Gasteiger partial charge in [0.05, 0.1) is 16.6 Å². The van der Waals surface area contributed by atoms with Crippen LogP contribution in [0, 0.1) is 13.8 Å². The summed E-state index contributed by atoms with van der Waals surface area (Å²) in [4.78, 5) is 13.0. The van der Waals surface area contributed by atoms with Crippen LogP contribution in [0.3, 0.4) is 0 Å². The highest BCUT2D eigenvalue weighted by atomic mass is 79.9. The van der Waals surface area contributed by atoms with Gasteiger partial charge < -0.3 is 10.1 Å². The molecule has 1 N–H and O–H groups in total. The number of nitrogens with one attached hydrogen (secondary N) is 1. The maximum Gasteiger partial charge on any atom is 0.264 e. The number of aryl methyl sites for hydroxylation is 2. The molecule has 0 heterocycles. The van der Waals surface area contributed by atoms with Crippen LogP contribution in [0.2, 0.25) is 0 Å². The van der Waals surface area contributed by atoms with Crippen molar-refractivity contribution < 1.29 is 17.9 Å². The number of anilines is 1. The summed E-state index contributed by atoms with van der Waals surface area (Å²) < 4.78 is 34.5. The number of benzene rings is 3. The third kappa shape index (κ3) is 6.58. The Morgan fingerprint density at radius 2 is 1.73 bits per heavy atom. The minimum Gasteiger partial charge on any atom is -0.491 e. The summed E-state index contributed by atoms with van der Waals surface area (Å²) in [5.41, 5.74) is 2.34. The first-order chi connectivity index (χ1) is 15.7. The number of sulfonamides is 1. The van der Waals surface area contributed by atoms with Crippen LogP contribution < -0.4 is 14.4 Å². The van der Waals surface area contributed by atoms with Crippen LogP contribution in [-0.2, 0) is 14.8 Å². The first-order valence-electron chi connectivity index (χ1n) is 10.5. The topological polar surface area (TPSA) is 75.7 Å². The summed E-state index contributed by atoms with van der Waals surface area (Å²) in [6.07, 6.45) is 0. The van der Waals surface area contributed by atoms with Gasteiger partial charge in [0.15, 0.2) is 0 Å². The number of carbonyl (C=O) groups is 1. The summed E-state index contributed by atoms with van der Waals surface area (Å²) in [5, 5.41) is 2.84. The molecule has 0 aromatic heterocycles. The van der Waals surface area contributed by atoms with Crippen LogP contribution >= 0.6 is 15.9 Å². The first-order valence-corrected chi connectivity index (χ1v) is 12.7. The second kappa shape index (κ2) is 10.9. The molecule has 0 fully saturated rings. The molecule has 3 aromatic rings. The van der Waals surface area contributed by atoms with E-state index in [1.165, 1.54) is 0 Å². The van der Waals surface area contributed by atoms with E-state index in [4.69, 9.17) is 4.74 Å². The monoisotopic (exact) mass is 530 g/mol. The van der Waals surface area contributed by atoms with Gasteiger partial charge in [-0.05, 0) is 62.7 Å². The lowest BCUT2D eigenvalue weighted by Gasteiger charge is -2.25. The minimum absolute atomic E-state index is 0.122. The summed E-state index contributed by atoms with van der Waals surface area (Å²) in [5.74, 6) is 0.322. The van der Waals surface area contributed by atoms with Crippen molar-refractivity contribution in [1.29, 1.82) is 0 Å². The van der Waals surface area contributed by atoms with E-state index in [1.807, 2.05) is 45.0 Å². The van der Waals surface area contributed by atoms with E-state index >= 15 is 0 Å². The molecule has 0 aliphatic carbocycles. The number of amides is 1. The Labute approximate surface area is 203 Å². The summed E-state index contributed by atoms with van der Waals surface area (Å²) in [7, 11) is -3.96. The average molecular weight is 531 g/mol. The van der Waals surface area contributed by atoms with Crippen molar-refractivity contribution in [2.75, 3.05) is 17.5 Å². The Kier molecular flexibility index (Phi) is 8.15. The van der Waals surface area contributed by atoms with Crippen molar-refractivity contribution >= 4 is 37.5 Å². The molecule has 0 aliphatic rings. The highest BCUT2D eigenvalue weighted by Crippen LogP contribution is 2.26. The van der Waals surface area contributed by atoms with E-state index in [9.17, 15) is 13.2 Å². The van der Waals surface area contributed by atoms with E-state index in [0.29, 0.717) is 10.2 Å². The van der Waals surface area contributed by atoms with Crippen molar-refractivity contribution in [2.24, 2.45) is 0 Å². The van der Waals surface area contributed by atoms with E-state index in [2.05, 4.69) is 21.2 Å². The van der Waals surface area contributed by atoms with Gasteiger partial charge in [0.1, 0.15) is 18.9 Å². The second-order valence-corrected chi connectivity index (χ2v) is 10.6. The molecule has 8 heteroatoms. The number of para-hydroxylation sites is 1. The number of ether oxygens (including phenoxy) is 1. The molecule has 1 amide bonds. The predicted octanol–water partition coefficient (Wildman–Crippen LogP) is 4.84. The lowest BCUT2D eigenvalue weighted by Crippen LogP contribution is -2.45. The molecular weight excluding hydrogens is 504 g/mol. The maximum atomic E-state index is 13.4. The van der Waals surface area contributed by atoms with Gasteiger partial charge in [-0.2, -0.15) is 0 Å². The van der Waals surface area contributed by atoms with Gasteiger partial charge in [-0.3, -0.25) is 9.10 Å². The lowest BCUT2D eigenvalue weighted by molar-refractivity contribution is -0.120. The molecular formula is C25H27BrN2O4S. The second-order valence-electron chi connectivity index (χ2n) is 7.85. The van der Waals surface area contributed by atoms with Crippen LogP contribution in [0.15, 0.2) is 82.2 Å². The predicted molar refractivity (Wildman–Crippen MR) is 134 cm³/mol. The van der Waals surface area contributed by atoms with Crippen LogP contribution in [-0.4, -0.2) is 33.5 Å². The largest absolute Gasteiger partial charge is 0.491 e. The number of carbonyl (C=O) groups excluding carboxylic acids is 1.